The second-order valence-corrected chi connectivity index (χ2v) is 8.70. The van der Waals surface area contributed by atoms with Crippen molar-refractivity contribution in [1.29, 1.82) is 0 Å². The van der Waals surface area contributed by atoms with E-state index in [1.807, 2.05) is 0 Å². The Hall–Kier alpha value is -1.59. The van der Waals surface area contributed by atoms with Crippen molar-refractivity contribution in [3.8, 4) is 0 Å². The molecule has 1 aliphatic rings. The van der Waals surface area contributed by atoms with Crippen LogP contribution in [-0.2, 0) is 19.1 Å². The fourth-order valence-corrected chi connectivity index (χ4v) is 3.56. The molecule has 1 atom stereocenters. The first-order valence-corrected chi connectivity index (χ1v) is 10.9. The van der Waals surface area contributed by atoms with Gasteiger partial charge >= 0.3 is 12.1 Å². The van der Waals surface area contributed by atoms with E-state index in [1.165, 1.54) is 32.1 Å². The normalized spacial score (nSPS) is 18.0. The van der Waals surface area contributed by atoms with Crippen molar-refractivity contribution in [3.63, 3.8) is 0 Å². The summed E-state index contributed by atoms with van der Waals surface area (Å²) in [5.74, 6) is -0.254. The van der Waals surface area contributed by atoms with Crippen molar-refractivity contribution in [2.24, 2.45) is 5.92 Å². The Labute approximate surface area is 170 Å². The molecule has 162 valence electrons. The predicted octanol–water partition coefficient (Wildman–Crippen LogP) is 4.93. The third-order valence-electron chi connectivity index (χ3n) is 5.00. The number of esters is 1. The maximum absolute atomic E-state index is 12.8. The Balaban J connectivity index is 2.61. The molecule has 6 nitrogen and oxygen atoms in total. The molecule has 0 heterocycles. The molecule has 0 aromatic heterocycles. The number of rotatable bonds is 7. The maximum atomic E-state index is 12.8. The standard InChI is InChI=1S/C22H39NO5/c1-5-27-20(25)18(23-21(26)28-22(2,3)4)15-16-19(24)17-13-11-9-7-6-8-10-12-14-17/h17-18H,5-16H2,1-4H3,(H,23,26)/t18-/m1/s1. The van der Waals surface area contributed by atoms with Crippen LogP contribution < -0.4 is 5.32 Å². The summed E-state index contributed by atoms with van der Waals surface area (Å²) in [7, 11) is 0. The number of alkyl carbamates (subject to hydrolysis) is 1. The van der Waals surface area contributed by atoms with Gasteiger partial charge in [-0.25, -0.2) is 9.59 Å². The molecule has 1 saturated carbocycles. The number of carbonyl (C=O) groups is 3. The van der Waals surface area contributed by atoms with Crippen LogP contribution in [0.15, 0.2) is 0 Å². The molecule has 0 spiro atoms. The van der Waals surface area contributed by atoms with Crippen LogP contribution in [0, 0.1) is 5.92 Å². The molecular weight excluding hydrogens is 358 g/mol. The number of hydrogen-bond acceptors (Lipinski definition) is 5. The van der Waals surface area contributed by atoms with E-state index in [9.17, 15) is 14.4 Å². The quantitative estimate of drug-likeness (QED) is 0.616. The Morgan fingerprint density at radius 1 is 0.964 bits per heavy atom. The number of nitrogens with one attached hydrogen (secondary N) is 1. The molecule has 0 aliphatic heterocycles. The molecule has 0 bridgehead atoms. The van der Waals surface area contributed by atoms with Gasteiger partial charge in [-0.3, -0.25) is 4.79 Å². The lowest BCUT2D eigenvalue weighted by molar-refractivity contribution is -0.145. The van der Waals surface area contributed by atoms with E-state index >= 15 is 0 Å². The van der Waals surface area contributed by atoms with E-state index in [2.05, 4.69) is 5.32 Å². The Morgan fingerprint density at radius 2 is 1.50 bits per heavy atom. The highest BCUT2D eigenvalue weighted by Gasteiger charge is 2.27. The van der Waals surface area contributed by atoms with Gasteiger partial charge < -0.3 is 14.8 Å². The fourth-order valence-electron chi connectivity index (χ4n) is 3.56. The molecule has 0 radical (unpaired) electrons. The van der Waals surface area contributed by atoms with Gasteiger partial charge in [0, 0.05) is 12.3 Å². The van der Waals surface area contributed by atoms with E-state index in [-0.39, 0.29) is 31.1 Å². The van der Waals surface area contributed by atoms with Gasteiger partial charge in [0.1, 0.15) is 17.4 Å². The molecule has 0 saturated heterocycles. The fraction of sp³-hybridized carbons (Fsp3) is 0.864. The number of carbonyl (C=O) groups excluding carboxylic acids is 3. The van der Waals surface area contributed by atoms with E-state index < -0.39 is 23.7 Å². The highest BCUT2D eigenvalue weighted by atomic mass is 16.6. The van der Waals surface area contributed by atoms with E-state index in [4.69, 9.17) is 9.47 Å². The smallest absolute Gasteiger partial charge is 0.408 e. The van der Waals surface area contributed by atoms with Crippen LogP contribution in [0.1, 0.15) is 98.3 Å². The van der Waals surface area contributed by atoms with E-state index in [0.717, 1.165) is 25.7 Å². The number of hydrogen-bond donors (Lipinski definition) is 1. The second kappa shape index (κ2) is 12.8. The van der Waals surface area contributed by atoms with Crippen LogP contribution >= 0.6 is 0 Å². The lowest BCUT2D eigenvalue weighted by Crippen LogP contribution is -2.44. The minimum atomic E-state index is -0.863. The number of Topliss-reactive ketones (excluding diaryl/α,β-unsaturated/α-hetero) is 1. The summed E-state index contributed by atoms with van der Waals surface area (Å²) < 4.78 is 10.3. The van der Waals surface area contributed by atoms with Crippen LogP contribution in [0.2, 0.25) is 0 Å². The summed E-state index contributed by atoms with van der Waals surface area (Å²) in [5.41, 5.74) is -0.658. The number of amides is 1. The molecule has 1 N–H and O–H groups in total. The topological polar surface area (TPSA) is 81.7 Å². The summed E-state index contributed by atoms with van der Waals surface area (Å²) in [6.45, 7) is 7.22. The van der Waals surface area contributed by atoms with Crippen molar-refractivity contribution in [3.05, 3.63) is 0 Å². The van der Waals surface area contributed by atoms with Crippen LogP contribution in [0.4, 0.5) is 4.79 Å². The first-order chi connectivity index (χ1) is 13.2. The van der Waals surface area contributed by atoms with Crippen molar-refractivity contribution < 1.29 is 23.9 Å². The Bertz CT molecular complexity index is 488. The van der Waals surface area contributed by atoms with Crippen molar-refractivity contribution in [2.75, 3.05) is 6.61 Å². The second-order valence-electron chi connectivity index (χ2n) is 8.70. The molecule has 0 unspecified atom stereocenters. The van der Waals surface area contributed by atoms with Crippen molar-refractivity contribution in [2.45, 2.75) is 110 Å². The zero-order valence-corrected chi connectivity index (χ0v) is 18.2. The first kappa shape index (κ1) is 24.4. The average Bonchev–Trinajstić information content (AvgIpc) is 2.61. The Kier molecular flexibility index (Phi) is 11.2. The summed E-state index contributed by atoms with van der Waals surface area (Å²) in [6, 6.07) is -0.863. The average molecular weight is 398 g/mol. The van der Waals surface area contributed by atoms with Gasteiger partial charge in [0.15, 0.2) is 0 Å². The zero-order valence-electron chi connectivity index (χ0n) is 18.2. The molecule has 6 heteroatoms. The van der Waals surface area contributed by atoms with Crippen LogP contribution in [0.3, 0.4) is 0 Å². The molecule has 1 amide bonds. The third kappa shape index (κ3) is 10.7. The van der Waals surface area contributed by atoms with Crippen molar-refractivity contribution >= 4 is 17.8 Å². The summed E-state index contributed by atoms with van der Waals surface area (Å²) in [5, 5.41) is 2.57. The number of ketones is 1. The minimum Gasteiger partial charge on any atom is -0.464 e. The van der Waals surface area contributed by atoms with E-state index in [0.29, 0.717) is 0 Å². The first-order valence-electron chi connectivity index (χ1n) is 10.9. The van der Waals surface area contributed by atoms with Gasteiger partial charge in [0.2, 0.25) is 0 Å². The molecule has 1 fully saturated rings. The summed E-state index contributed by atoms with van der Waals surface area (Å²) >= 11 is 0. The lowest BCUT2D eigenvalue weighted by Gasteiger charge is -2.23. The summed E-state index contributed by atoms with van der Waals surface area (Å²) in [4.78, 5) is 37.0. The van der Waals surface area contributed by atoms with Crippen LogP contribution in [0.5, 0.6) is 0 Å². The lowest BCUT2D eigenvalue weighted by atomic mass is 9.87. The van der Waals surface area contributed by atoms with Crippen LogP contribution in [-0.4, -0.2) is 36.1 Å². The molecule has 0 aromatic rings. The molecule has 1 aliphatic carbocycles. The zero-order chi connectivity index (χ0) is 21.0. The Morgan fingerprint density at radius 3 is 2.00 bits per heavy atom. The summed E-state index contributed by atoms with van der Waals surface area (Å²) in [6.07, 6.45) is 10.1. The predicted molar refractivity (Wildman–Crippen MR) is 109 cm³/mol. The molecular formula is C22H39NO5. The minimum absolute atomic E-state index is 0.0717. The highest BCUT2D eigenvalue weighted by molar-refractivity contribution is 5.84. The van der Waals surface area contributed by atoms with E-state index in [1.54, 1.807) is 27.7 Å². The monoisotopic (exact) mass is 397 g/mol. The van der Waals surface area contributed by atoms with Crippen molar-refractivity contribution in [1.82, 2.24) is 5.32 Å². The highest BCUT2D eigenvalue weighted by Crippen LogP contribution is 2.24. The van der Waals surface area contributed by atoms with Gasteiger partial charge in [0.05, 0.1) is 6.61 Å². The van der Waals surface area contributed by atoms with Gasteiger partial charge in [-0.05, 0) is 47.0 Å². The van der Waals surface area contributed by atoms with Gasteiger partial charge in [-0.2, -0.15) is 0 Å². The van der Waals surface area contributed by atoms with Gasteiger partial charge in [-0.1, -0.05) is 44.9 Å². The molecule has 1 rings (SSSR count). The van der Waals surface area contributed by atoms with Gasteiger partial charge in [-0.15, -0.1) is 0 Å². The third-order valence-corrected chi connectivity index (χ3v) is 5.00. The van der Waals surface area contributed by atoms with Crippen LogP contribution in [0.25, 0.3) is 0 Å². The van der Waals surface area contributed by atoms with Gasteiger partial charge in [0.25, 0.3) is 0 Å². The molecule has 28 heavy (non-hydrogen) atoms. The SMILES string of the molecule is CCOC(=O)[C@@H](CCC(=O)C1CCCCCCCCC1)NC(=O)OC(C)(C)C. The molecule has 0 aromatic carbocycles. The largest absolute Gasteiger partial charge is 0.464 e. The maximum Gasteiger partial charge on any atom is 0.408 e. The number of ether oxygens (including phenoxy) is 2.